The number of amides is 2. The maximum atomic E-state index is 12.2. The largest absolute Gasteiger partial charge is 0.488 e. The Labute approximate surface area is 198 Å². The average Bonchev–Trinajstić information content (AvgIpc) is 3.31. The number of carbonyl (C=O) groups is 2. The lowest BCUT2D eigenvalue weighted by atomic mass is 10.2. The van der Waals surface area contributed by atoms with Crippen molar-refractivity contribution in [2.45, 2.75) is 6.61 Å². The third-order valence-corrected chi connectivity index (χ3v) is 5.26. The minimum Gasteiger partial charge on any atom is -0.488 e. The molecular formula is C24H20BrN3O5. The number of hydrogen-bond donors (Lipinski definition) is 2. The summed E-state index contributed by atoms with van der Waals surface area (Å²) >= 11 is 3.48. The van der Waals surface area contributed by atoms with Crippen molar-refractivity contribution in [3.8, 4) is 17.2 Å². The van der Waals surface area contributed by atoms with Crippen LogP contribution in [-0.4, -0.2) is 31.4 Å². The fourth-order valence-electron chi connectivity index (χ4n) is 2.97. The first-order valence-corrected chi connectivity index (χ1v) is 10.8. The standard InChI is InChI=1S/C24H20BrN3O5/c25-19-10-17(6-8-20(19)31-14-16-4-2-1-3-5-16)12-27-28-23(29)13-26-24(30)18-7-9-21-22(11-18)33-15-32-21/h1-12H,13-15H2,(H,26,30)(H,28,29)/b27-12+. The van der Waals surface area contributed by atoms with Gasteiger partial charge >= 0.3 is 0 Å². The van der Waals surface area contributed by atoms with Gasteiger partial charge in [-0.3, -0.25) is 9.59 Å². The first-order valence-electron chi connectivity index (χ1n) is 10.0. The summed E-state index contributed by atoms with van der Waals surface area (Å²) in [6.07, 6.45) is 1.50. The molecule has 3 aromatic rings. The number of benzene rings is 3. The van der Waals surface area contributed by atoms with E-state index in [2.05, 4.69) is 31.8 Å². The molecule has 8 nitrogen and oxygen atoms in total. The van der Waals surface area contributed by atoms with Gasteiger partial charge in [0.25, 0.3) is 11.8 Å². The summed E-state index contributed by atoms with van der Waals surface area (Å²) in [7, 11) is 0. The van der Waals surface area contributed by atoms with Crippen molar-refractivity contribution >= 4 is 34.0 Å². The molecule has 0 atom stereocenters. The molecule has 1 heterocycles. The highest BCUT2D eigenvalue weighted by Gasteiger charge is 2.16. The third-order valence-electron chi connectivity index (χ3n) is 4.64. The van der Waals surface area contributed by atoms with Crippen LogP contribution in [0.15, 0.2) is 76.3 Å². The summed E-state index contributed by atoms with van der Waals surface area (Å²) in [6, 6.07) is 20.2. The van der Waals surface area contributed by atoms with Crippen molar-refractivity contribution in [1.82, 2.24) is 10.7 Å². The molecule has 2 amide bonds. The SMILES string of the molecule is O=C(CNC(=O)c1ccc2c(c1)OCO2)N/N=C/c1ccc(OCc2ccccc2)c(Br)c1. The maximum Gasteiger partial charge on any atom is 0.259 e. The molecule has 0 saturated carbocycles. The molecule has 0 aromatic heterocycles. The lowest BCUT2D eigenvalue weighted by Crippen LogP contribution is -2.34. The van der Waals surface area contributed by atoms with E-state index in [0.29, 0.717) is 29.4 Å². The Morgan fingerprint density at radius 2 is 1.85 bits per heavy atom. The number of rotatable bonds is 8. The Kier molecular flexibility index (Phi) is 7.21. The smallest absolute Gasteiger partial charge is 0.259 e. The Morgan fingerprint density at radius 1 is 1.03 bits per heavy atom. The summed E-state index contributed by atoms with van der Waals surface area (Å²) in [4.78, 5) is 24.2. The third kappa shape index (κ3) is 6.11. The second-order valence-electron chi connectivity index (χ2n) is 7.01. The first kappa shape index (κ1) is 22.3. The highest BCUT2D eigenvalue weighted by Crippen LogP contribution is 2.32. The monoisotopic (exact) mass is 509 g/mol. The summed E-state index contributed by atoms with van der Waals surface area (Å²) in [5, 5.41) is 6.47. The van der Waals surface area contributed by atoms with Crippen molar-refractivity contribution < 1.29 is 23.8 Å². The summed E-state index contributed by atoms with van der Waals surface area (Å²) in [6.45, 7) is 0.363. The lowest BCUT2D eigenvalue weighted by Gasteiger charge is -2.09. The van der Waals surface area contributed by atoms with E-state index in [1.165, 1.54) is 6.21 Å². The second-order valence-corrected chi connectivity index (χ2v) is 7.86. The molecule has 0 unspecified atom stereocenters. The van der Waals surface area contributed by atoms with Crippen molar-refractivity contribution in [1.29, 1.82) is 0 Å². The van der Waals surface area contributed by atoms with E-state index >= 15 is 0 Å². The van der Waals surface area contributed by atoms with E-state index in [0.717, 1.165) is 15.6 Å². The van der Waals surface area contributed by atoms with Crippen molar-refractivity contribution in [2.24, 2.45) is 5.10 Å². The van der Waals surface area contributed by atoms with Crippen molar-refractivity contribution in [3.63, 3.8) is 0 Å². The van der Waals surface area contributed by atoms with Gasteiger partial charge in [-0.05, 0) is 63.5 Å². The maximum absolute atomic E-state index is 12.2. The van der Waals surface area contributed by atoms with Crippen LogP contribution in [0.4, 0.5) is 0 Å². The van der Waals surface area contributed by atoms with Crippen LogP contribution in [0, 0.1) is 0 Å². The second kappa shape index (κ2) is 10.6. The van der Waals surface area contributed by atoms with Crippen molar-refractivity contribution in [2.75, 3.05) is 13.3 Å². The lowest BCUT2D eigenvalue weighted by molar-refractivity contribution is -0.120. The van der Waals surface area contributed by atoms with Gasteiger partial charge in [-0.25, -0.2) is 5.43 Å². The topological polar surface area (TPSA) is 98.3 Å². The van der Waals surface area contributed by atoms with Crippen molar-refractivity contribution in [3.05, 3.63) is 87.9 Å². The molecule has 0 aliphatic carbocycles. The zero-order valence-corrected chi connectivity index (χ0v) is 19.0. The number of nitrogens with zero attached hydrogens (tertiary/aromatic N) is 1. The van der Waals surface area contributed by atoms with Crippen LogP contribution in [-0.2, 0) is 11.4 Å². The minimum atomic E-state index is -0.456. The van der Waals surface area contributed by atoms with E-state index in [-0.39, 0.29) is 13.3 Å². The van der Waals surface area contributed by atoms with E-state index in [9.17, 15) is 9.59 Å². The number of hydrogen-bond acceptors (Lipinski definition) is 6. The van der Waals surface area contributed by atoms with Gasteiger partial charge in [0.2, 0.25) is 6.79 Å². The Bertz CT molecular complexity index is 1180. The molecule has 33 heavy (non-hydrogen) atoms. The fourth-order valence-corrected chi connectivity index (χ4v) is 3.48. The van der Waals surface area contributed by atoms with E-state index < -0.39 is 11.8 Å². The number of carbonyl (C=O) groups excluding carboxylic acids is 2. The molecular weight excluding hydrogens is 490 g/mol. The van der Waals surface area contributed by atoms with Crippen LogP contribution in [0.1, 0.15) is 21.5 Å². The van der Waals surface area contributed by atoms with Gasteiger partial charge in [0.1, 0.15) is 12.4 Å². The molecule has 9 heteroatoms. The highest BCUT2D eigenvalue weighted by molar-refractivity contribution is 9.10. The zero-order chi connectivity index (χ0) is 23.0. The van der Waals surface area contributed by atoms with Gasteiger partial charge in [-0.2, -0.15) is 5.10 Å². The molecule has 0 bridgehead atoms. The fraction of sp³-hybridized carbons (Fsp3) is 0.125. The Balaban J connectivity index is 1.23. The molecule has 2 N–H and O–H groups in total. The van der Waals surface area contributed by atoms with Gasteiger partial charge in [-0.1, -0.05) is 30.3 Å². The minimum absolute atomic E-state index is 0.126. The summed E-state index contributed by atoms with van der Waals surface area (Å²) in [5.74, 6) is 0.927. The summed E-state index contributed by atoms with van der Waals surface area (Å²) in [5.41, 5.74) is 4.59. The number of ether oxygens (including phenoxy) is 3. The zero-order valence-electron chi connectivity index (χ0n) is 17.4. The predicted octanol–water partition coefficient (Wildman–Crippen LogP) is 3.64. The predicted molar refractivity (Wildman–Crippen MR) is 126 cm³/mol. The molecule has 0 saturated heterocycles. The van der Waals surface area contributed by atoms with Gasteiger partial charge in [0.15, 0.2) is 11.5 Å². The quantitative estimate of drug-likeness (QED) is 0.356. The highest BCUT2D eigenvalue weighted by atomic mass is 79.9. The number of fused-ring (bicyclic) bond motifs is 1. The molecule has 168 valence electrons. The molecule has 4 rings (SSSR count). The molecule has 3 aromatic carbocycles. The van der Waals surface area contributed by atoms with Crippen LogP contribution in [0.3, 0.4) is 0 Å². The molecule has 0 radical (unpaired) electrons. The van der Waals surface area contributed by atoms with Gasteiger partial charge in [0.05, 0.1) is 17.2 Å². The average molecular weight is 510 g/mol. The van der Waals surface area contributed by atoms with Crippen LogP contribution in [0.2, 0.25) is 0 Å². The Hall–Kier alpha value is -3.85. The number of hydrazone groups is 1. The molecule has 0 fully saturated rings. The first-order chi connectivity index (χ1) is 16.1. The van der Waals surface area contributed by atoms with Gasteiger partial charge < -0.3 is 19.5 Å². The molecule has 1 aliphatic heterocycles. The number of halogens is 1. The van der Waals surface area contributed by atoms with Crippen LogP contribution in [0.5, 0.6) is 17.2 Å². The van der Waals surface area contributed by atoms with Gasteiger partial charge in [0, 0.05) is 5.56 Å². The normalized spacial score (nSPS) is 11.9. The summed E-state index contributed by atoms with van der Waals surface area (Å²) < 4.78 is 17.0. The van der Waals surface area contributed by atoms with Crippen LogP contribution in [0.25, 0.3) is 0 Å². The van der Waals surface area contributed by atoms with E-state index in [1.54, 1.807) is 18.2 Å². The van der Waals surface area contributed by atoms with E-state index in [4.69, 9.17) is 14.2 Å². The Morgan fingerprint density at radius 3 is 2.67 bits per heavy atom. The number of nitrogens with one attached hydrogen (secondary N) is 2. The van der Waals surface area contributed by atoms with Crippen LogP contribution >= 0.6 is 15.9 Å². The molecule has 1 aliphatic rings. The molecule has 0 spiro atoms. The van der Waals surface area contributed by atoms with Crippen LogP contribution < -0.4 is 25.0 Å². The van der Waals surface area contributed by atoms with Gasteiger partial charge in [-0.15, -0.1) is 0 Å². The van der Waals surface area contributed by atoms with E-state index in [1.807, 2.05) is 48.5 Å².